The van der Waals surface area contributed by atoms with Gasteiger partial charge in [0.1, 0.15) is 0 Å². The van der Waals surface area contributed by atoms with Crippen LogP contribution in [0.2, 0.25) is 0 Å². The highest BCUT2D eigenvalue weighted by Crippen LogP contribution is 2.45. The molecular formula is C31H30F3N5OS. The standard InChI is InChI=1S/C31H30F3N5OS/c1-20-19-24(21(2)38(20)27-9-4-3-7-25(27)31(32,33)34)29-28(26-8-5-6-14-35-26)36-30(41)39(29)23-12-10-22(11-13-23)37-15-17-40-18-16-37/h3-14,19,28-29H,15-18H2,1-2H3,(H,36,41)/t28-,29+/m0/s1. The van der Waals surface area contributed by atoms with Crippen molar-refractivity contribution in [1.29, 1.82) is 0 Å². The van der Waals surface area contributed by atoms with Gasteiger partial charge in [-0.15, -0.1) is 0 Å². The highest BCUT2D eigenvalue weighted by atomic mass is 32.1. The lowest BCUT2D eigenvalue weighted by Gasteiger charge is -2.31. The van der Waals surface area contributed by atoms with E-state index in [1.807, 2.05) is 50.2 Å². The van der Waals surface area contributed by atoms with Crippen LogP contribution in [0.25, 0.3) is 5.69 Å². The molecule has 1 N–H and O–H groups in total. The Balaban J connectivity index is 1.46. The second-order valence-electron chi connectivity index (χ2n) is 10.3. The third-order valence-electron chi connectivity index (χ3n) is 7.84. The minimum atomic E-state index is -4.48. The number of anilines is 2. The van der Waals surface area contributed by atoms with Crippen molar-refractivity contribution >= 4 is 28.7 Å². The lowest BCUT2D eigenvalue weighted by molar-refractivity contribution is -0.137. The predicted octanol–water partition coefficient (Wildman–Crippen LogP) is 6.52. The molecule has 41 heavy (non-hydrogen) atoms. The van der Waals surface area contributed by atoms with Crippen molar-refractivity contribution < 1.29 is 17.9 Å². The third kappa shape index (κ3) is 5.06. The molecule has 2 aromatic carbocycles. The van der Waals surface area contributed by atoms with E-state index < -0.39 is 11.7 Å². The molecule has 0 aliphatic carbocycles. The molecule has 4 heterocycles. The lowest BCUT2D eigenvalue weighted by atomic mass is 9.96. The zero-order valence-corrected chi connectivity index (χ0v) is 23.5. The van der Waals surface area contributed by atoms with Gasteiger partial charge in [0.15, 0.2) is 5.11 Å². The monoisotopic (exact) mass is 577 g/mol. The Labute approximate surface area is 242 Å². The minimum Gasteiger partial charge on any atom is -0.378 e. The van der Waals surface area contributed by atoms with Gasteiger partial charge in [-0.2, -0.15) is 13.2 Å². The van der Waals surface area contributed by atoms with Crippen molar-refractivity contribution in [2.75, 3.05) is 36.1 Å². The fourth-order valence-electron chi connectivity index (χ4n) is 5.96. The molecule has 0 spiro atoms. The number of pyridine rings is 1. The smallest absolute Gasteiger partial charge is 0.378 e. The summed E-state index contributed by atoms with van der Waals surface area (Å²) in [7, 11) is 0. The summed E-state index contributed by atoms with van der Waals surface area (Å²) in [5.74, 6) is 0. The van der Waals surface area contributed by atoms with Gasteiger partial charge in [-0.05, 0) is 86.2 Å². The van der Waals surface area contributed by atoms with Crippen LogP contribution in [-0.4, -0.2) is 41.0 Å². The number of nitrogens with one attached hydrogen (secondary N) is 1. The topological polar surface area (TPSA) is 45.6 Å². The molecular weight excluding hydrogens is 547 g/mol. The fraction of sp³-hybridized carbons (Fsp3) is 0.290. The summed E-state index contributed by atoms with van der Waals surface area (Å²) in [6.45, 7) is 6.76. The van der Waals surface area contributed by atoms with Crippen molar-refractivity contribution in [3.63, 3.8) is 0 Å². The van der Waals surface area contributed by atoms with Crippen molar-refractivity contribution in [2.24, 2.45) is 0 Å². The average Bonchev–Trinajstić information content (AvgIpc) is 3.48. The van der Waals surface area contributed by atoms with Gasteiger partial charge in [0.2, 0.25) is 0 Å². The number of benzene rings is 2. The highest BCUT2D eigenvalue weighted by molar-refractivity contribution is 7.80. The molecule has 4 aromatic rings. The van der Waals surface area contributed by atoms with Gasteiger partial charge in [-0.1, -0.05) is 18.2 Å². The molecule has 2 atom stereocenters. The van der Waals surface area contributed by atoms with Crippen LogP contribution in [0.1, 0.15) is 40.3 Å². The Morgan fingerprint density at radius 2 is 1.61 bits per heavy atom. The number of thiocarbonyl (C=S) groups is 1. The van der Waals surface area contributed by atoms with E-state index in [-0.39, 0.29) is 17.8 Å². The summed E-state index contributed by atoms with van der Waals surface area (Å²) in [6.07, 6.45) is -2.75. The van der Waals surface area contributed by atoms with Gasteiger partial charge in [0, 0.05) is 42.0 Å². The molecule has 2 aromatic heterocycles. The van der Waals surface area contributed by atoms with Crippen LogP contribution in [0, 0.1) is 13.8 Å². The lowest BCUT2D eigenvalue weighted by Crippen LogP contribution is -2.36. The Morgan fingerprint density at radius 3 is 2.29 bits per heavy atom. The van der Waals surface area contributed by atoms with Crippen molar-refractivity contribution in [3.05, 3.63) is 107 Å². The molecule has 2 aliphatic rings. The van der Waals surface area contributed by atoms with Gasteiger partial charge in [0.05, 0.1) is 42.2 Å². The molecule has 2 fully saturated rings. The van der Waals surface area contributed by atoms with E-state index in [9.17, 15) is 13.2 Å². The summed E-state index contributed by atoms with van der Waals surface area (Å²) >= 11 is 5.89. The summed E-state index contributed by atoms with van der Waals surface area (Å²) in [5.41, 5.74) is 4.52. The number of hydrogen-bond acceptors (Lipinski definition) is 4. The maximum absolute atomic E-state index is 14.0. The average molecular weight is 578 g/mol. The first-order valence-electron chi connectivity index (χ1n) is 13.5. The molecule has 10 heteroatoms. The van der Waals surface area contributed by atoms with Gasteiger partial charge >= 0.3 is 6.18 Å². The molecule has 6 rings (SSSR count). The van der Waals surface area contributed by atoms with Gasteiger partial charge in [0.25, 0.3) is 0 Å². The number of halogens is 3. The van der Waals surface area contributed by atoms with Crippen LogP contribution in [0.3, 0.4) is 0 Å². The van der Waals surface area contributed by atoms with Crippen LogP contribution in [0.5, 0.6) is 0 Å². The minimum absolute atomic E-state index is 0.102. The number of morpholine rings is 1. The quantitative estimate of drug-likeness (QED) is 0.273. The second-order valence-corrected chi connectivity index (χ2v) is 10.7. The molecule has 0 bridgehead atoms. The number of aryl methyl sites for hydroxylation is 1. The summed E-state index contributed by atoms with van der Waals surface area (Å²) in [5, 5.41) is 3.99. The second kappa shape index (κ2) is 10.8. The zero-order chi connectivity index (χ0) is 28.7. The normalized spacial score (nSPS) is 19.5. The van der Waals surface area contributed by atoms with Crippen LogP contribution in [-0.2, 0) is 10.9 Å². The molecule has 0 saturated carbocycles. The van der Waals surface area contributed by atoms with Gasteiger partial charge < -0.3 is 24.4 Å². The molecule has 2 aliphatic heterocycles. The maximum atomic E-state index is 14.0. The fourth-order valence-corrected chi connectivity index (χ4v) is 6.31. The first kappa shape index (κ1) is 27.3. The van der Waals surface area contributed by atoms with Crippen LogP contribution in [0.4, 0.5) is 24.5 Å². The SMILES string of the molecule is Cc1cc([C@@H]2[C@H](c3ccccn3)NC(=S)N2c2ccc(N3CCOCC3)cc2)c(C)n1-c1ccccc1C(F)(F)F. The van der Waals surface area contributed by atoms with Crippen molar-refractivity contribution in [1.82, 2.24) is 14.9 Å². The number of aromatic nitrogens is 2. The number of hydrogen-bond donors (Lipinski definition) is 1. The largest absolute Gasteiger partial charge is 0.418 e. The van der Waals surface area contributed by atoms with E-state index in [0.717, 1.165) is 41.8 Å². The van der Waals surface area contributed by atoms with E-state index in [2.05, 4.69) is 32.2 Å². The molecule has 0 radical (unpaired) electrons. The highest BCUT2D eigenvalue weighted by Gasteiger charge is 2.43. The van der Waals surface area contributed by atoms with Crippen LogP contribution >= 0.6 is 12.2 Å². The van der Waals surface area contributed by atoms with Crippen molar-refractivity contribution in [3.8, 4) is 5.69 Å². The summed E-state index contributed by atoms with van der Waals surface area (Å²) in [4.78, 5) is 8.96. The maximum Gasteiger partial charge on any atom is 0.418 e. The van der Waals surface area contributed by atoms with Crippen LogP contribution in [0.15, 0.2) is 79.0 Å². The first-order valence-corrected chi connectivity index (χ1v) is 13.9. The first-order chi connectivity index (χ1) is 19.7. The molecule has 0 amide bonds. The predicted molar refractivity (Wildman–Crippen MR) is 158 cm³/mol. The van der Waals surface area contributed by atoms with Gasteiger partial charge in [-0.3, -0.25) is 4.98 Å². The van der Waals surface area contributed by atoms with Crippen molar-refractivity contribution in [2.45, 2.75) is 32.1 Å². The number of ether oxygens (including phenoxy) is 1. The number of alkyl halides is 3. The Kier molecular flexibility index (Phi) is 7.21. The number of para-hydroxylation sites is 1. The van der Waals surface area contributed by atoms with Gasteiger partial charge in [-0.25, -0.2) is 0 Å². The van der Waals surface area contributed by atoms with E-state index in [1.54, 1.807) is 16.8 Å². The van der Waals surface area contributed by atoms with E-state index in [1.165, 1.54) is 12.1 Å². The Hall–Kier alpha value is -3.89. The molecule has 212 valence electrons. The van der Waals surface area contributed by atoms with E-state index >= 15 is 0 Å². The molecule has 2 saturated heterocycles. The Morgan fingerprint density at radius 1 is 0.927 bits per heavy atom. The third-order valence-corrected chi connectivity index (χ3v) is 8.16. The number of rotatable bonds is 5. The van der Waals surface area contributed by atoms with Crippen LogP contribution < -0.4 is 15.1 Å². The molecule has 0 unspecified atom stereocenters. The van der Waals surface area contributed by atoms with E-state index in [4.69, 9.17) is 17.0 Å². The summed E-state index contributed by atoms with van der Waals surface area (Å²) < 4.78 is 49.3. The Bertz CT molecular complexity index is 1550. The summed E-state index contributed by atoms with van der Waals surface area (Å²) in [6, 6.07) is 21.0. The molecule has 6 nitrogen and oxygen atoms in total. The van der Waals surface area contributed by atoms with E-state index in [0.29, 0.717) is 29.7 Å². The number of nitrogens with zero attached hydrogens (tertiary/aromatic N) is 4. The zero-order valence-electron chi connectivity index (χ0n) is 22.7.